The van der Waals surface area contributed by atoms with Crippen LogP contribution in [0.15, 0.2) is 0 Å². The molecule has 2 heteroatoms. The molecule has 2 nitrogen and oxygen atoms in total. The highest BCUT2D eigenvalue weighted by atomic mass is 15.3. The first-order valence-electron chi connectivity index (χ1n) is 8.11. The van der Waals surface area contributed by atoms with Crippen molar-refractivity contribution in [3.8, 4) is 0 Å². The summed E-state index contributed by atoms with van der Waals surface area (Å²) in [4.78, 5) is 4.03. The van der Waals surface area contributed by atoms with Gasteiger partial charge in [0.05, 0.1) is 50.1 Å². The molecule has 4 rings (SSSR count). The van der Waals surface area contributed by atoms with E-state index in [2.05, 4.69) is 0 Å². The fourth-order valence-electron chi connectivity index (χ4n) is 5.70. The normalized spacial score (nSPS) is 53.6. The molecule has 0 saturated carbocycles. The smallest absolute Gasteiger partial charge is 0.0957 e. The van der Waals surface area contributed by atoms with E-state index in [-0.39, 0.29) is 0 Å². The van der Waals surface area contributed by atoms with Crippen LogP contribution in [0.3, 0.4) is 0 Å². The van der Waals surface area contributed by atoms with Crippen molar-refractivity contribution in [1.29, 1.82) is 0 Å². The standard InChI is InChI=1S/C15H26N2/c1-3-7-16-11-13-9-12(14(16)5-1)10-17-8-4-2-6-15(13)17/h12-15H,1-11H2/p+2/t12?,13?,14-,15?/m1/s1. The Labute approximate surface area is 105 Å². The summed E-state index contributed by atoms with van der Waals surface area (Å²) in [5.41, 5.74) is 0. The molecule has 5 unspecified atom stereocenters. The predicted molar refractivity (Wildman–Crippen MR) is 68.3 cm³/mol. The third-order valence-electron chi connectivity index (χ3n) is 6.37. The average Bonchev–Trinajstić information content (AvgIpc) is 2.39. The van der Waals surface area contributed by atoms with Gasteiger partial charge in [-0.25, -0.2) is 0 Å². The zero-order chi connectivity index (χ0) is 11.2. The van der Waals surface area contributed by atoms with E-state index in [1.54, 1.807) is 19.3 Å². The van der Waals surface area contributed by atoms with Crippen molar-refractivity contribution in [1.82, 2.24) is 0 Å². The second-order valence-corrected chi connectivity index (χ2v) is 7.19. The monoisotopic (exact) mass is 236 g/mol. The van der Waals surface area contributed by atoms with Crippen molar-refractivity contribution < 1.29 is 9.80 Å². The molecule has 17 heavy (non-hydrogen) atoms. The quantitative estimate of drug-likeness (QED) is 0.562. The van der Waals surface area contributed by atoms with E-state index in [4.69, 9.17) is 0 Å². The zero-order valence-corrected chi connectivity index (χ0v) is 11.1. The van der Waals surface area contributed by atoms with Gasteiger partial charge in [0.25, 0.3) is 0 Å². The summed E-state index contributed by atoms with van der Waals surface area (Å²) in [6.45, 7) is 6.07. The number of piperidine rings is 4. The van der Waals surface area contributed by atoms with Crippen LogP contribution < -0.4 is 9.80 Å². The van der Waals surface area contributed by atoms with E-state index in [0.717, 1.165) is 23.9 Å². The third kappa shape index (κ3) is 1.76. The number of fused-ring (bicyclic) bond motifs is 6. The van der Waals surface area contributed by atoms with Crippen molar-refractivity contribution in [3.05, 3.63) is 0 Å². The van der Waals surface area contributed by atoms with Crippen molar-refractivity contribution in [2.45, 2.75) is 57.0 Å². The van der Waals surface area contributed by atoms with Crippen molar-refractivity contribution >= 4 is 0 Å². The molecule has 4 heterocycles. The maximum Gasteiger partial charge on any atom is 0.0957 e. The zero-order valence-electron chi connectivity index (χ0n) is 11.1. The Hall–Kier alpha value is -0.0800. The summed E-state index contributed by atoms with van der Waals surface area (Å²) < 4.78 is 0. The van der Waals surface area contributed by atoms with Crippen molar-refractivity contribution in [2.24, 2.45) is 11.8 Å². The molecule has 0 aromatic rings. The molecular formula is C15H28N2+2. The van der Waals surface area contributed by atoms with Crippen LogP contribution in [-0.4, -0.2) is 38.3 Å². The van der Waals surface area contributed by atoms with Crippen LogP contribution in [0.4, 0.5) is 0 Å². The molecular weight excluding hydrogens is 208 g/mol. The number of hydrogen-bond donors (Lipinski definition) is 2. The summed E-state index contributed by atoms with van der Waals surface area (Å²) in [6, 6.07) is 2.13. The predicted octanol–water partition coefficient (Wildman–Crippen LogP) is -0.489. The second kappa shape index (κ2) is 4.24. The van der Waals surface area contributed by atoms with Gasteiger partial charge in [0.2, 0.25) is 0 Å². The molecule has 4 aliphatic heterocycles. The minimum Gasteiger partial charge on any atom is -0.332 e. The summed E-state index contributed by atoms with van der Waals surface area (Å²) in [6.07, 6.45) is 10.7. The Kier molecular flexibility index (Phi) is 2.69. The number of nitrogens with one attached hydrogen (secondary N) is 2. The van der Waals surface area contributed by atoms with E-state index >= 15 is 0 Å². The van der Waals surface area contributed by atoms with Crippen LogP contribution in [-0.2, 0) is 0 Å². The maximum atomic E-state index is 2.02. The molecule has 2 bridgehead atoms. The molecule has 0 aromatic carbocycles. The highest BCUT2D eigenvalue weighted by molar-refractivity contribution is 4.86. The van der Waals surface area contributed by atoms with Crippen molar-refractivity contribution in [2.75, 3.05) is 26.2 Å². The molecule has 0 radical (unpaired) electrons. The Bertz CT molecular complexity index is 263. The molecule has 2 N–H and O–H groups in total. The highest BCUT2D eigenvalue weighted by Gasteiger charge is 2.51. The Morgan fingerprint density at radius 1 is 0.647 bits per heavy atom. The number of quaternary nitrogens is 2. The van der Waals surface area contributed by atoms with E-state index in [9.17, 15) is 0 Å². The van der Waals surface area contributed by atoms with Crippen LogP contribution >= 0.6 is 0 Å². The minimum atomic E-state index is 1.07. The van der Waals surface area contributed by atoms with E-state index in [0.29, 0.717) is 0 Å². The van der Waals surface area contributed by atoms with Gasteiger partial charge in [-0.15, -0.1) is 0 Å². The summed E-state index contributed by atoms with van der Waals surface area (Å²) >= 11 is 0. The van der Waals surface area contributed by atoms with E-state index in [1.807, 2.05) is 9.80 Å². The topological polar surface area (TPSA) is 8.88 Å². The fraction of sp³-hybridized carbons (Fsp3) is 1.00. The number of hydrogen-bond acceptors (Lipinski definition) is 0. The molecule has 0 aliphatic carbocycles. The second-order valence-electron chi connectivity index (χ2n) is 7.19. The maximum absolute atomic E-state index is 2.02. The van der Waals surface area contributed by atoms with Gasteiger partial charge < -0.3 is 9.80 Å². The van der Waals surface area contributed by atoms with Gasteiger partial charge in [0, 0.05) is 12.8 Å². The first-order chi connectivity index (χ1) is 8.42. The summed E-state index contributed by atoms with van der Waals surface area (Å²) in [7, 11) is 0. The Balaban J connectivity index is 1.56. The van der Waals surface area contributed by atoms with Gasteiger partial charge in [0.15, 0.2) is 0 Å². The largest absolute Gasteiger partial charge is 0.332 e. The summed E-state index contributed by atoms with van der Waals surface area (Å²) in [5.74, 6) is 2.18. The van der Waals surface area contributed by atoms with Gasteiger partial charge in [-0.1, -0.05) is 0 Å². The molecule has 4 aliphatic rings. The van der Waals surface area contributed by atoms with E-state index < -0.39 is 0 Å². The molecule has 0 aromatic heterocycles. The third-order valence-corrected chi connectivity index (χ3v) is 6.37. The van der Waals surface area contributed by atoms with Gasteiger partial charge in [-0.2, -0.15) is 0 Å². The molecule has 4 saturated heterocycles. The Morgan fingerprint density at radius 3 is 1.71 bits per heavy atom. The first kappa shape index (κ1) is 10.8. The van der Waals surface area contributed by atoms with Crippen LogP contribution in [0.5, 0.6) is 0 Å². The summed E-state index contributed by atoms with van der Waals surface area (Å²) in [5, 5.41) is 0. The average molecular weight is 236 g/mol. The van der Waals surface area contributed by atoms with Gasteiger partial charge >= 0.3 is 0 Å². The lowest BCUT2D eigenvalue weighted by molar-refractivity contribution is -0.993. The van der Waals surface area contributed by atoms with Gasteiger partial charge in [0.1, 0.15) is 0 Å². The molecule has 4 fully saturated rings. The molecule has 0 spiro atoms. The fourth-order valence-corrected chi connectivity index (χ4v) is 5.70. The molecule has 6 atom stereocenters. The van der Waals surface area contributed by atoms with Crippen molar-refractivity contribution in [3.63, 3.8) is 0 Å². The first-order valence-corrected chi connectivity index (χ1v) is 8.11. The SMILES string of the molecule is C1CC[NH+]2CC3CC(C[NH+]4CCCC[C@H]34)C2C1. The highest BCUT2D eigenvalue weighted by Crippen LogP contribution is 2.29. The Morgan fingerprint density at radius 2 is 1.18 bits per heavy atom. The lowest BCUT2D eigenvalue weighted by atomic mass is 9.71. The van der Waals surface area contributed by atoms with E-state index in [1.165, 1.54) is 51.9 Å². The van der Waals surface area contributed by atoms with Gasteiger partial charge in [-0.05, 0) is 32.1 Å². The van der Waals surface area contributed by atoms with Gasteiger partial charge in [-0.3, -0.25) is 0 Å². The van der Waals surface area contributed by atoms with Crippen LogP contribution in [0.2, 0.25) is 0 Å². The van der Waals surface area contributed by atoms with Crippen LogP contribution in [0.25, 0.3) is 0 Å². The van der Waals surface area contributed by atoms with Crippen LogP contribution in [0, 0.1) is 11.8 Å². The lowest BCUT2D eigenvalue weighted by Crippen LogP contribution is -3.26. The lowest BCUT2D eigenvalue weighted by Gasteiger charge is -2.52. The minimum absolute atomic E-state index is 1.07. The molecule has 0 amide bonds. The number of rotatable bonds is 0. The molecule has 96 valence electrons. The van der Waals surface area contributed by atoms with Crippen LogP contribution in [0.1, 0.15) is 44.9 Å².